The molecule has 0 aromatic carbocycles. The van der Waals surface area contributed by atoms with Crippen LogP contribution in [0.1, 0.15) is 31.3 Å². The highest BCUT2D eigenvalue weighted by Crippen LogP contribution is 2.22. The number of methoxy groups -OCH3 is 1. The number of ether oxygens (including phenoxy) is 1. The third-order valence-corrected chi connectivity index (χ3v) is 3.25. The Morgan fingerprint density at radius 2 is 2.06 bits per heavy atom. The molecule has 1 heterocycles. The second kappa shape index (κ2) is 6.38. The molecule has 0 aliphatic heterocycles. The second-order valence-electron chi connectivity index (χ2n) is 4.60. The van der Waals surface area contributed by atoms with Crippen LogP contribution in [0.5, 0.6) is 0 Å². The van der Waals surface area contributed by atoms with Crippen LogP contribution in [0.15, 0.2) is 0 Å². The monoisotopic (exact) mass is 259 g/mol. The number of nitrogens with zero attached hydrogens (tertiary/aromatic N) is 2. The molecule has 5 heteroatoms. The first kappa shape index (κ1) is 14.5. The van der Waals surface area contributed by atoms with Gasteiger partial charge in [0.2, 0.25) is 0 Å². The van der Waals surface area contributed by atoms with E-state index in [0.29, 0.717) is 12.6 Å². The van der Waals surface area contributed by atoms with E-state index in [4.69, 9.17) is 16.3 Å². The molecule has 0 fully saturated rings. The van der Waals surface area contributed by atoms with Crippen LogP contribution in [-0.4, -0.2) is 36.1 Å². The summed E-state index contributed by atoms with van der Waals surface area (Å²) in [7, 11) is 1.70. The quantitative estimate of drug-likeness (QED) is 0.852. The molecule has 1 rings (SSSR count). The molecule has 0 aliphatic carbocycles. The summed E-state index contributed by atoms with van der Waals surface area (Å²) >= 11 is 6.16. The van der Waals surface area contributed by atoms with Gasteiger partial charge in [0, 0.05) is 19.7 Å². The Bertz CT molecular complexity index is 363. The normalized spacial score (nSPS) is 13.4. The largest absolute Gasteiger partial charge is 0.382 e. The van der Waals surface area contributed by atoms with Crippen molar-refractivity contribution in [2.24, 2.45) is 0 Å². The number of aromatic nitrogens is 2. The highest BCUT2D eigenvalue weighted by Gasteiger charge is 2.18. The van der Waals surface area contributed by atoms with Gasteiger partial charge in [-0.05, 0) is 13.8 Å². The molecule has 0 amide bonds. The molecule has 0 aliphatic rings. The van der Waals surface area contributed by atoms with Gasteiger partial charge in [-0.1, -0.05) is 25.4 Å². The highest BCUT2D eigenvalue weighted by atomic mass is 35.5. The predicted octanol–water partition coefficient (Wildman–Crippen LogP) is 2.34. The van der Waals surface area contributed by atoms with Crippen LogP contribution in [0.2, 0.25) is 5.02 Å². The van der Waals surface area contributed by atoms with E-state index >= 15 is 0 Å². The summed E-state index contributed by atoms with van der Waals surface area (Å²) < 4.78 is 7.21. The highest BCUT2D eigenvalue weighted by molar-refractivity contribution is 6.31. The molecule has 1 atom stereocenters. The van der Waals surface area contributed by atoms with Crippen LogP contribution >= 0.6 is 11.6 Å². The smallest absolute Gasteiger partial charge is 0.0880 e. The van der Waals surface area contributed by atoms with Gasteiger partial charge < -0.3 is 10.1 Å². The van der Waals surface area contributed by atoms with Crippen LogP contribution in [0.25, 0.3) is 0 Å². The fourth-order valence-corrected chi connectivity index (χ4v) is 1.90. The van der Waals surface area contributed by atoms with Crippen molar-refractivity contribution in [3.8, 4) is 0 Å². The van der Waals surface area contributed by atoms with Crippen molar-refractivity contribution in [1.82, 2.24) is 15.1 Å². The SMILES string of the molecule is COCC(CNC(C)C)n1nc(C)c(Cl)c1C. The van der Waals surface area contributed by atoms with Crippen molar-refractivity contribution in [3.63, 3.8) is 0 Å². The van der Waals surface area contributed by atoms with Gasteiger partial charge in [-0.3, -0.25) is 4.68 Å². The summed E-state index contributed by atoms with van der Waals surface area (Å²) in [6, 6.07) is 0.621. The average Bonchev–Trinajstić information content (AvgIpc) is 2.52. The molecular formula is C12H22ClN3O. The van der Waals surface area contributed by atoms with Gasteiger partial charge in [0.1, 0.15) is 0 Å². The standard InChI is InChI=1S/C12H22ClN3O/c1-8(2)14-6-11(7-17-5)16-10(4)12(13)9(3)15-16/h8,11,14H,6-7H2,1-5H3. The number of halogens is 1. The summed E-state index contributed by atoms with van der Waals surface area (Å²) in [4.78, 5) is 0. The Morgan fingerprint density at radius 3 is 2.47 bits per heavy atom. The van der Waals surface area contributed by atoms with E-state index in [1.54, 1.807) is 7.11 Å². The molecule has 17 heavy (non-hydrogen) atoms. The van der Waals surface area contributed by atoms with Gasteiger partial charge in [-0.15, -0.1) is 0 Å². The molecule has 1 N–H and O–H groups in total. The maximum Gasteiger partial charge on any atom is 0.0880 e. The summed E-state index contributed by atoms with van der Waals surface area (Å²) in [5.41, 5.74) is 1.87. The number of rotatable bonds is 6. The number of nitrogens with one attached hydrogen (secondary N) is 1. The van der Waals surface area contributed by atoms with Crippen LogP contribution in [0.4, 0.5) is 0 Å². The van der Waals surface area contributed by atoms with Gasteiger partial charge in [0.25, 0.3) is 0 Å². The third kappa shape index (κ3) is 3.69. The zero-order chi connectivity index (χ0) is 13.0. The minimum Gasteiger partial charge on any atom is -0.382 e. The molecule has 0 radical (unpaired) electrons. The van der Waals surface area contributed by atoms with E-state index < -0.39 is 0 Å². The number of hydrogen-bond acceptors (Lipinski definition) is 3. The maximum absolute atomic E-state index is 6.16. The molecule has 4 nitrogen and oxygen atoms in total. The summed E-state index contributed by atoms with van der Waals surface area (Å²) in [5.74, 6) is 0. The van der Waals surface area contributed by atoms with Gasteiger partial charge in [0.05, 0.1) is 29.1 Å². The minimum atomic E-state index is 0.175. The molecule has 1 unspecified atom stereocenters. The van der Waals surface area contributed by atoms with Crippen LogP contribution in [0.3, 0.4) is 0 Å². The third-order valence-electron chi connectivity index (χ3n) is 2.70. The lowest BCUT2D eigenvalue weighted by Gasteiger charge is -2.20. The molecule has 0 spiro atoms. The Morgan fingerprint density at radius 1 is 1.41 bits per heavy atom. The average molecular weight is 260 g/mol. The van der Waals surface area contributed by atoms with E-state index in [2.05, 4.69) is 24.3 Å². The van der Waals surface area contributed by atoms with E-state index in [9.17, 15) is 0 Å². The second-order valence-corrected chi connectivity index (χ2v) is 4.98. The van der Waals surface area contributed by atoms with E-state index in [0.717, 1.165) is 23.0 Å². The molecule has 0 saturated heterocycles. The van der Waals surface area contributed by atoms with Crippen molar-refractivity contribution in [3.05, 3.63) is 16.4 Å². The van der Waals surface area contributed by atoms with E-state index in [1.807, 2.05) is 18.5 Å². The lowest BCUT2D eigenvalue weighted by molar-refractivity contribution is 0.146. The lowest BCUT2D eigenvalue weighted by atomic mass is 10.2. The van der Waals surface area contributed by atoms with Gasteiger partial charge in [-0.2, -0.15) is 5.10 Å². The summed E-state index contributed by atoms with van der Waals surface area (Å²) in [6.45, 7) is 9.60. The van der Waals surface area contributed by atoms with Crippen molar-refractivity contribution in [1.29, 1.82) is 0 Å². The van der Waals surface area contributed by atoms with E-state index in [-0.39, 0.29) is 6.04 Å². The Kier molecular flexibility index (Phi) is 5.43. The van der Waals surface area contributed by atoms with Crippen molar-refractivity contribution in [2.45, 2.75) is 39.8 Å². The zero-order valence-electron chi connectivity index (χ0n) is 11.2. The van der Waals surface area contributed by atoms with Gasteiger partial charge in [0.15, 0.2) is 0 Å². The topological polar surface area (TPSA) is 39.1 Å². The van der Waals surface area contributed by atoms with Crippen molar-refractivity contribution < 1.29 is 4.74 Å². The molecule has 1 aromatic rings. The van der Waals surface area contributed by atoms with Crippen LogP contribution < -0.4 is 5.32 Å². The maximum atomic E-state index is 6.16. The molecule has 98 valence electrons. The number of aryl methyl sites for hydroxylation is 1. The van der Waals surface area contributed by atoms with Crippen LogP contribution in [-0.2, 0) is 4.74 Å². The fraction of sp³-hybridized carbons (Fsp3) is 0.750. The predicted molar refractivity (Wildman–Crippen MR) is 70.8 cm³/mol. The van der Waals surface area contributed by atoms with Crippen LogP contribution in [0, 0.1) is 13.8 Å². The van der Waals surface area contributed by atoms with Gasteiger partial charge in [-0.25, -0.2) is 0 Å². The van der Waals surface area contributed by atoms with Gasteiger partial charge >= 0.3 is 0 Å². The lowest BCUT2D eigenvalue weighted by Crippen LogP contribution is -2.33. The molecule has 1 aromatic heterocycles. The Balaban J connectivity index is 2.85. The van der Waals surface area contributed by atoms with Crippen molar-refractivity contribution in [2.75, 3.05) is 20.3 Å². The minimum absolute atomic E-state index is 0.175. The first-order valence-corrected chi connectivity index (χ1v) is 6.28. The van der Waals surface area contributed by atoms with E-state index in [1.165, 1.54) is 0 Å². The first-order chi connectivity index (χ1) is 7.97. The Labute approximate surface area is 108 Å². The fourth-order valence-electron chi connectivity index (χ4n) is 1.78. The molecule has 0 saturated carbocycles. The van der Waals surface area contributed by atoms with Crippen molar-refractivity contribution >= 4 is 11.6 Å². The Hall–Kier alpha value is -0.580. The molecule has 0 bridgehead atoms. The first-order valence-electron chi connectivity index (χ1n) is 5.90. The summed E-state index contributed by atoms with van der Waals surface area (Å²) in [5, 5.41) is 8.62. The number of hydrogen-bond donors (Lipinski definition) is 1. The molecular weight excluding hydrogens is 238 g/mol. The zero-order valence-corrected chi connectivity index (χ0v) is 12.0. The summed E-state index contributed by atoms with van der Waals surface area (Å²) in [6.07, 6.45) is 0.